The Hall–Kier alpha value is -4.20. The van der Waals surface area contributed by atoms with E-state index in [0.717, 1.165) is 33.4 Å². The number of benzene rings is 2. The molecular formula is C31H30O8. The summed E-state index contributed by atoms with van der Waals surface area (Å²) in [6.45, 7) is 5.67. The molecule has 2 aromatic carbocycles. The molecule has 202 valence electrons. The van der Waals surface area contributed by atoms with Gasteiger partial charge in [0.1, 0.15) is 0 Å². The minimum absolute atomic E-state index is 0.00795. The van der Waals surface area contributed by atoms with Gasteiger partial charge in [0.25, 0.3) is 0 Å². The summed E-state index contributed by atoms with van der Waals surface area (Å²) in [6, 6.07) is 11.8. The topological polar surface area (TPSA) is 105 Å². The third kappa shape index (κ3) is 3.17. The monoisotopic (exact) mass is 530 g/mol. The van der Waals surface area contributed by atoms with Gasteiger partial charge in [-0.1, -0.05) is 50.2 Å². The van der Waals surface area contributed by atoms with Gasteiger partial charge in [-0.25, -0.2) is 19.2 Å². The Morgan fingerprint density at radius 2 is 1.31 bits per heavy atom. The van der Waals surface area contributed by atoms with E-state index in [0.29, 0.717) is 0 Å². The molecule has 3 aliphatic rings. The lowest BCUT2D eigenvalue weighted by Crippen LogP contribution is -2.43. The second-order valence-electron chi connectivity index (χ2n) is 10.4. The van der Waals surface area contributed by atoms with Crippen LogP contribution in [-0.4, -0.2) is 52.3 Å². The third-order valence-corrected chi connectivity index (χ3v) is 8.61. The fraction of sp³-hybridized carbons (Fsp3) is 0.355. The van der Waals surface area contributed by atoms with Crippen LogP contribution in [0.1, 0.15) is 48.4 Å². The fourth-order valence-electron chi connectivity index (χ4n) is 7.43. The molecular weight excluding hydrogens is 500 g/mol. The minimum atomic E-state index is -1.49. The number of methoxy groups -OCH3 is 4. The third-order valence-electron chi connectivity index (χ3n) is 8.61. The molecule has 0 unspecified atom stereocenters. The second-order valence-corrected chi connectivity index (χ2v) is 10.4. The Labute approximate surface area is 226 Å². The van der Waals surface area contributed by atoms with Crippen molar-refractivity contribution in [2.75, 3.05) is 28.4 Å². The van der Waals surface area contributed by atoms with E-state index in [4.69, 9.17) is 18.9 Å². The van der Waals surface area contributed by atoms with E-state index in [2.05, 4.69) is 0 Å². The molecule has 0 heterocycles. The van der Waals surface area contributed by atoms with Crippen molar-refractivity contribution in [3.05, 3.63) is 80.9 Å². The predicted molar refractivity (Wildman–Crippen MR) is 141 cm³/mol. The number of hydrogen-bond donors (Lipinski definition) is 0. The first kappa shape index (κ1) is 26.4. The summed E-state index contributed by atoms with van der Waals surface area (Å²) < 4.78 is 20.8. The van der Waals surface area contributed by atoms with E-state index in [1.54, 1.807) is 0 Å². The van der Waals surface area contributed by atoms with Gasteiger partial charge in [-0.2, -0.15) is 0 Å². The zero-order chi connectivity index (χ0) is 28.4. The number of carbonyl (C=O) groups is 4. The van der Waals surface area contributed by atoms with Crippen LogP contribution in [0.3, 0.4) is 0 Å². The molecule has 0 saturated heterocycles. The number of hydrogen-bond acceptors (Lipinski definition) is 8. The van der Waals surface area contributed by atoms with E-state index in [1.807, 2.05) is 57.2 Å². The molecule has 3 atom stereocenters. The van der Waals surface area contributed by atoms with Crippen molar-refractivity contribution in [1.82, 2.24) is 0 Å². The highest BCUT2D eigenvalue weighted by atomic mass is 16.5. The van der Waals surface area contributed by atoms with E-state index in [-0.39, 0.29) is 28.7 Å². The van der Waals surface area contributed by atoms with Gasteiger partial charge in [0, 0.05) is 11.3 Å². The highest BCUT2D eigenvalue weighted by Gasteiger charge is 2.70. The van der Waals surface area contributed by atoms with Gasteiger partial charge in [0.2, 0.25) is 0 Å². The Bertz CT molecular complexity index is 1530. The summed E-state index contributed by atoms with van der Waals surface area (Å²) in [5.74, 6) is -3.56. The summed E-state index contributed by atoms with van der Waals surface area (Å²) in [5, 5.41) is 0. The van der Waals surface area contributed by atoms with Crippen molar-refractivity contribution in [3.63, 3.8) is 0 Å². The molecule has 0 aromatic heterocycles. The van der Waals surface area contributed by atoms with Crippen LogP contribution >= 0.6 is 0 Å². The van der Waals surface area contributed by atoms with Crippen LogP contribution in [0.2, 0.25) is 0 Å². The average molecular weight is 531 g/mol. The lowest BCUT2D eigenvalue weighted by molar-refractivity contribution is -0.141. The maximum atomic E-state index is 13.7. The number of esters is 4. The molecule has 0 fully saturated rings. The van der Waals surface area contributed by atoms with Crippen molar-refractivity contribution >= 4 is 23.9 Å². The highest BCUT2D eigenvalue weighted by Crippen LogP contribution is 2.71. The van der Waals surface area contributed by atoms with Crippen LogP contribution in [0, 0.1) is 6.92 Å². The summed E-state index contributed by atoms with van der Waals surface area (Å²) in [4.78, 5) is 54.2. The number of rotatable bonds is 5. The molecule has 39 heavy (non-hydrogen) atoms. The molecule has 2 bridgehead atoms. The van der Waals surface area contributed by atoms with Gasteiger partial charge in [-0.3, -0.25) is 0 Å². The summed E-state index contributed by atoms with van der Waals surface area (Å²) >= 11 is 0. The fourth-order valence-corrected chi connectivity index (χ4v) is 7.43. The minimum Gasteiger partial charge on any atom is -0.466 e. The quantitative estimate of drug-likeness (QED) is 0.422. The lowest BCUT2D eigenvalue weighted by atomic mass is 9.59. The van der Waals surface area contributed by atoms with Crippen LogP contribution in [-0.2, 0) is 49.0 Å². The molecule has 5 rings (SSSR count). The standard InChI is InChI=1S/C31H30O8/c1-15-13-18(17-11-9-8-10-12-17)19-16(2)20(26(32)36-4)23(27(33)37-5)31-14-30(3,21(15)22(19)31)24(28(34)38-6)25(31)29(35)39-7/h8-13,16H,14H2,1-7H3/t16-,30+,31+/m0/s1. The van der Waals surface area contributed by atoms with Gasteiger partial charge in [0.15, 0.2) is 0 Å². The molecule has 0 amide bonds. The van der Waals surface area contributed by atoms with Crippen molar-refractivity contribution in [2.24, 2.45) is 0 Å². The molecule has 0 saturated carbocycles. The molecule has 0 N–H and O–H groups in total. The molecule has 8 heteroatoms. The molecule has 0 radical (unpaired) electrons. The van der Waals surface area contributed by atoms with Crippen LogP contribution in [0.4, 0.5) is 0 Å². The highest BCUT2D eigenvalue weighted by molar-refractivity contribution is 6.14. The zero-order valence-corrected chi connectivity index (χ0v) is 23.0. The number of ether oxygens (including phenoxy) is 4. The van der Waals surface area contributed by atoms with Gasteiger partial charge in [-0.05, 0) is 46.7 Å². The van der Waals surface area contributed by atoms with Crippen molar-refractivity contribution in [1.29, 1.82) is 0 Å². The molecule has 2 aromatic rings. The molecule has 3 aliphatic carbocycles. The first-order valence-corrected chi connectivity index (χ1v) is 12.6. The summed E-state index contributed by atoms with van der Waals surface area (Å²) in [7, 11) is 4.93. The number of carbonyl (C=O) groups excluding carboxylic acids is 4. The van der Waals surface area contributed by atoms with Crippen molar-refractivity contribution in [3.8, 4) is 11.1 Å². The van der Waals surface area contributed by atoms with Gasteiger partial charge < -0.3 is 18.9 Å². The normalized spacial score (nSPS) is 24.3. The van der Waals surface area contributed by atoms with E-state index in [9.17, 15) is 19.2 Å². The molecule has 0 aliphatic heterocycles. The maximum Gasteiger partial charge on any atom is 0.335 e. The van der Waals surface area contributed by atoms with Gasteiger partial charge >= 0.3 is 23.9 Å². The Morgan fingerprint density at radius 1 is 0.769 bits per heavy atom. The van der Waals surface area contributed by atoms with Crippen LogP contribution < -0.4 is 0 Å². The smallest absolute Gasteiger partial charge is 0.335 e. The summed E-state index contributed by atoms with van der Waals surface area (Å²) in [6.07, 6.45) is 0.147. The average Bonchev–Trinajstić information content (AvgIpc) is 3.38. The van der Waals surface area contributed by atoms with Crippen LogP contribution in [0.25, 0.3) is 11.1 Å². The van der Waals surface area contributed by atoms with Crippen LogP contribution in [0.5, 0.6) is 0 Å². The van der Waals surface area contributed by atoms with E-state index in [1.165, 1.54) is 28.4 Å². The molecule has 1 spiro atoms. The van der Waals surface area contributed by atoms with Gasteiger partial charge in [-0.15, -0.1) is 0 Å². The zero-order valence-electron chi connectivity index (χ0n) is 23.0. The molecule has 8 nitrogen and oxygen atoms in total. The van der Waals surface area contributed by atoms with Crippen molar-refractivity contribution in [2.45, 2.75) is 43.9 Å². The number of aryl methyl sites for hydroxylation is 1. The second kappa shape index (κ2) is 8.93. The van der Waals surface area contributed by atoms with Crippen molar-refractivity contribution < 1.29 is 38.1 Å². The van der Waals surface area contributed by atoms with E-state index >= 15 is 0 Å². The lowest BCUT2D eigenvalue weighted by Gasteiger charge is -2.42. The first-order chi connectivity index (χ1) is 18.5. The first-order valence-electron chi connectivity index (χ1n) is 12.6. The Balaban J connectivity index is 2.07. The van der Waals surface area contributed by atoms with Gasteiger partial charge in [0.05, 0.1) is 56.1 Å². The summed E-state index contributed by atoms with van der Waals surface area (Å²) in [5.41, 5.74) is 2.71. The van der Waals surface area contributed by atoms with Crippen LogP contribution in [0.15, 0.2) is 58.7 Å². The SMILES string of the molecule is COC(=O)C1=C(C(=O)OC)[C@]23C[C@@](C)(C(C(=O)OC)=C2C(=O)OC)c2c(C)cc(-c4ccccc4)c(c23)[C@@H]1C. The maximum absolute atomic E-state index is 13.7. The Kier molecular flexibility index (Phi) is 6.05. The largest absolute Gasteiger partial charge is 0.466 e. The number of fused-ring (bicyclic) bond motifs is 2. The predicted octanol–water partition coefficient (Wildman–Crippen LogP) is 3.98. The van der Waals surface area contributed by atoms with E-state index < -0.39 is 40.6 Å². The Morgan fingerprint density at radius 3 is 1.87 bits per heavy atom.